The van der Waals surface area contributed by atoms with Crippen molar-refractivity contribution in [2.45, 2.75) is 45.7 Å². The number of carbonyl (C=O) groups is 2. The number of hydrogen-bond acceptors (Lipinski definition) is 4. The molecule has 2 rings (SSSR count). The van der Waals surface area contributed by atoms with E-state index in [1.54, 1.807) is 18.7 Å². The highest BCUT2D eigenvalue weighted by atomic mass is 32.2. The zero-order chi connectivity index (χ0) is 18.4. The standard InChI is InChI=1S/C19H26N2O3S/c1-5-17(22)21-15(10-11-25-4)19(23)20-13(3)18-12(2)14-8-6-7-9-16(14)24-18/h6-9,13,15H,5,10-11H2,1-4H3,(H,20,23)(H,21,22)/t13-,15-/m1/s1. The van der Waals surface area contributed by atoms with Gasteiger partial charge in [0, 0.05) is 17.4 Å². The van der Waals surface area contributed by atoms with Crippen molar-refractivity contribution in [1.82, 2.24) is 10.6 Å². The van der Waals surface area contributed by atoms with Crippen molar-refractivity contribution in [3.63, 3.8) is 0 Å². The van der Waals surface area contributed by atoms with Crippen LogP contribution in [0.25, 0.3) is 11.0 Å². The van der Waals surface area contributed by atoms with Crippen LogP contribution in [0.3, 0.4) is 0 Å². The largest absolute Gasteiger partial charge is 0.459 e. The van der Waals surface area contributed by atoms with Crippen molar-refractivity contribution in [2.75, 3.05) is 12.0 Å². The molecule has 2 amide bonds. The van der Waals surface area contributed by atoms with Crippen LogP contribution in [-0.2, 0) is 9.59 Å². The molecule has 2 N–H and O–H groups in total. The molecule has 0 saturated heterocycles. The number of benzene rings is 1. The maximum atomic E-state index is 12.6. The lowest BCUT2D eigenvalue weighted by Crippen LogP contribution is -2.47. The molecule has 1 aromatic heterocycles. The molecule has 0 fully saturated rings. The lowest BCUT2D eigenvalue weighted by molar-refractivity contribution is -0.129. The summed E-state index contributed by atoms with van der Waals surface area (Å²) in [5.41, 5.74) is 1.84. The number of amides is 2. The summed E-state index contributed by atoms with van der Waals surface area (Å²) in [4.78, 5) is 24.3. The maximum absolute atomic E-state index is 12.6. The normalized spacial score (nSPS) is 13.4. The number of hydrogen-bond donors (Lipinski definition) is 2. The van der Waals surface area contributed by atoms with Crippen molar-refractivity contribution in [1.29, 1.82) is 0 Å². The minimum Gasteiger partial charge on any atom is -0.459 e. The molecule has 0 aliphatic carbocycles. The van der Waals surface area contributed by atoms with Gasteiger partial charge >= 0.3 is 0 Å². The fraction of sp³-hybridized carbons (Fsp3) is 0.474. The molecular weight excluding hydrogens is 336 g/mol. The zero-order valence-corrected chi connectivity index (χ0v) is 16.0. The Hall–Kier alpha value is -1.95. The first-order chi connectivity index (χ1) is 12.0. The van der Waals surface area contributed by atoms with Crippen LogP contribution in [0.15, 0.2) is 28.7 Å². The molecule has 0 aliphatic heterocycles. The van der Waals surface area contributed by atoms with Gasteiger partial charge in [0.15, 0.2) is 0 Å². The van der Waals surface area contributed by atoms with Gasteiger partial charge in [-0.3, -0.25) is 9.59 Å². The number of furan rings is 1. The summed E-state index contributed by atoms with van der Waals surface area (Å²) in [6, 6.07) is 7.04. The highest BCUT2D eigenvalue weighted by molar-refractivity contribution is 7.98. The number of aryl methyl sites for hydroxylation is 1. The van der Waals surface area contributed by atoms with E-state index in [4.69, 9.17) is 4.42 Å². The second-order valence-corrected chi connectivity index (χ2v) is 7.06. The van der Waals surface area contributed by atoms with E-state index in [1.165, 1.54) is 0 Å². The molecule has 5 nitrogen and oxygen atoms in total. The molecule has 6 heteroatoms. The highest BCUT2D eigenvalue weighted by Crippen LogP contribution is 2.29. The molecule has 136 valence electrons. The van der Waals surface area contributed by atoms with Crippen molar-refractivity contribution in [3.8, 4) is 0 Å². The lowest BCUT2D eigenvalue weighted by Gasteiger charge is -2.20. The van der Waals surface area contributed by atoms with Gasteiger partial charge in [0.25, 0.3) is 0 Å². The Morgan fingerprint density at radius 3 is 2.60 bits per heavy atom. The Labute approximate surface area is 152 Å². The van der Waals surface area contributed by atoms with Gasteiger partial charge in [0.05, 0.1) is 6.04 Å². The summed E-state index contributed by atoms with van der Waals surface area (Å²) in [6.45, 7) is 5.67. The monoisotopic (exact) mass is 362 g/mol. The summed E-state index contributed by atoms with van der Waals surface area (Å²) in [5.74, 6) is 1.26. The van der Waals surface area contributed by atoms with Gasteiger partial charge in [-0.2, -0.15) is 11.8 Å². The molecule has 1 aromatic carbocycles. The quantitative estimate of drug-likeness (QED) is 0.753. The molecule has 0 saturated carbocycles. The topological polar surface area (TPSA) is 71.3 Å². The molecule has 0 bridgehead atoms. The minimum absolute atomic E-state index is 0.117. The van der Waals surface area contributed by atoms with Gasteiger partial charge in [-0.05, 0) is 38.3 Å². The van der Waals surface area contributed by atoms with Crippen molar-refractivity contribution >= 4 is 34.5 Å². The van der Waals surface area contributed by atoms with Crippen LogP contribution in [-0.4, -0.2) is 29.9 Å². The number of nitrogens with one attached hydrogen (secondary N) is 2. The molecule has 2 atom stereocenters. The summed E-state index contributed by atoms with van der Waals surface area (Å²) in [5, 5.41) is 6.84. The van der Waals surface area contributed by atoms with E-state index >= 15 is 0 Å². The third kappa shape index (κ3) is 4.78. The van der Waals surface area contributed by atoms with E-state index in [9.17, 15) is 9.59 Å². The van der Waals surface area contributed by atoms with Gasteiger partial charge in [-0.25, -0.2) is 0 Å². The number of thioether (sulfide) groups is 1. The average molecular weight is 362 g/mol. The second-order valence-electron chi connectivity index (χ2n) is 6.07. The summed E-state index contributed by atoms with van der Waals surface area (Å²) in [6.07, 6.45) is 2.95. The van der Waals surface area contributed by atoms with E-state index in [2.05, 4.69) is 10.6 Å². The van der Waals surface area contributed by atoms with Crippen LogP contribution in [0, 0.1) is 6.92 Å². The first-order valence-electron chi connectivity index (χ1n) is 8.54. The molecular formula is C19H26N2O3S. The molecule has 0 unspecified atom stereocenters. The first-order valence-corrected chi connectivity index (χ1v) is 9.94. The van der Waals surface area contributed by atoms with Gasteiger partial charge in [-0.1, -0.05) is 25.1 Å². The Bertz CT molecular complexity index is 741. The van der Waals surface area contributed by atoms with Crippen LogP contribution in [0.2, 0.25) is 0 Å². The summed E-state index contributed by atoms with van der Waals surface area (Å²) < 4.78 is 5.92. The van der Waals surface area contributed by atoms with Crippen molar-refractivity contribution < 1.29 is 14.0 Å². The molecule has 0 aliphatic rings. The second kappa shape index (κ2) is 8.94. The Balaban J connectivity index is 2.12. The van der Waals surface area contributed by atoms with E-state index in [0.717, 1.165) is 28.0 Å². The van der Waals surface area contributed by atoms with E-state index in [-0.39, 0.29) is 17.9 Å². The van der Waals surface area contributed by atoms with E-state index in [1.807, 2.05) is 44.4 Å². The smallest absolute Gasteiger partial charge is 0.243 e. The fourth-order valence-electron chi connectivity index (χ4n) is 2.79. The summed E-state index contributed by atoms with van der Waals surface area (Å²) >= 11 is 1.65. The van der Waals surface area contributed by atoms with E-state index in [0.29, 0.717) is 12.8 Å². The van der Waals surface area contributed by atoms with E-state index < -0.39 is 6.04 Å². The predicted molar refractivity (Wildman–Crippen MR) is 103 cm³/mol. The maximum Gasteiger partial charge on any atom is 0.243 e. The Morgan fingerprint density at radius 2 is 1.96 bits per heavy atom. The van der Waals surface area contributed by atoms with Gasteiger partial charge < -0.3 is 15.1 Å². The van der Waals surface area contributed by atoms with Crippen molar-refractivity contribution in [2.24, 2.45) is 0 Å². The average Bonchev–Trinajstić information content (AvgIpc) is 2.95. The Kier molecular flexibility index (Phi) is 6.93. The SMILES string of the molecule is CCC(=O)N[C@H](CCSC)C(=O)N[C@H](C)c1oc2ccccc2c1C. The predicted octanol–water partition coefficient (Wildman–Crippen LogP) is 3.57. The lowest BCUT2D eigenvalue weighted by atomic mass is 10.1. The molecule has 2 aromatic rings. The van der Waals surface area contributed by atoms with Crippen molar-refractivity contribution in [3.05, 3.63) is 35.6 Å². The van der Waals surface area contributed by atoms with Gasteiger partial charge in [0.1, 0.15) is 17.4 Å². The van der Waals surface area contributed by atoms with Crippen LogP contribution < -0.4 is 10.6 Å². The third-order valence-corrected chi connectivity index (χ3v) is 4.86. The fourth-order valence-corrected chi connectivity index (χ4v) is 3.26. The number of para-hydroxylation sites is 1. The number of fused-ring (bicyclic) bond motifs is 1. The van der Waals surface area contributed by atoms with Gasteiger partial charge in [0.2, 0.25) is 11.8 Å². The molecule has 25 heavy (non-hydrogen) atoms. The van der Waals surface area contributed by atoms with Crippen LogP contribution in [0.4, 0.5) is 0 Å². The van der Waals surface area contributed by atoms with Crippen LogP contribution >= 0.6 is 11.8 Å². The molecule has 0 radical (unpaired) electrons. The van der Waals surface area contributed by atoms with Crippen LogP contribution in [0.5, 0.6) is 0 Å². The Morgan fingerprint density at radius 1 is 1.24 bits per heavy atom. The summed E-state index contributed by atoms with van der Waals surface area (Å²) in [7, 11) is 0. The first kappa shape index (κ1) is 19.4. The molecule has 1 heterocycles. The highest BCUT2D eigenvalue weighted by Gasteiger charge is 2.24. The minimum atomic E-state index is -0.521. The van der Waals surface area contributed by atoms with Gasteiger partial charge in [-0.15, -0.1) is 0 Å². The number of carbonyl (C=O) groups excluding carboxylic acids is 2. The molecule has 0 spiro atoms. The zero-order valence-electron chi connectivity index (χ0n) is 15.2. The van der Waals surface area contributed by atoms with Crippen LogP contribution in [0.1, 0.15) is 44.1 Å². The third-order valence-electron chi connectivity index (χ3n) is 4.22. The number of rotatable bonds is 8.